The molecule has 0 saturated heterocycles. The monoisotopic (exact) mass is 657 g/mol. The molecule has 1 aromatic heterocycles. The van der Waals surface area contributed by atoms with Gasteiger partial charge in [0.1, 0.15) is 18.2 Å². The normalized spacial score (nSPS) is 11.7. The summed E-state index contributed by atoms with van der Waals surface area (Å²) in [4.78, 5) is 3.71. The van der Waals surface area contributed by atoms with E-state index in [0.717, 1.165) is 36.3 Å². The minimum Gasteiger partial charge on any atom is -0.487 e. The highest BCUT2D eigenvalue weighted by Gasteiger charge is 2.30. The molecule has 156 valence electrons. The Morgan fingerprint density at radius 2 is 1.73 bits per heavy atom. The molecular formula is C20H13ClF3I2N3O. The second-order valence-corrected chi connectivity index (χ2v) is 8.79. The number of pyridine rings is 1. The fourth-order valence-electron chi connectivity index (χ4n) is 2.33. The SMILES string of the molecule is FC(F)(F)c1ccc(N/N=C\c2cc(I)c(OCc3ccc(Cl)cc3)c(I)c2)nc1. The predicted molar refractivity (Wildman–Crippen MR) is 128 cm³/mol. The molecule has 0 aliphatic carbocycles. The Kier molecular flexibility index (Phi) is 7.80. The molecule has 4 nitrogen and oxygen atoms in total. The van der Waals surface area contributed by atoms with E-state index in [9.17, 15) is 13.2 Å². The van der Waals surface area contributed by atoms with Crippen LogP contribution in [0.1, 0.15) is 16.7 Å². The fraction of sp³-hybridized carbons (Fsp3) is 0.100. The average Bonchev–Trinajstić information content (AvgIpc) is 2.68. The number of nitrogens with zero attached hydrogens (tertiary/aromatic N) is 2. The van der Waals surface area contributed by atoms with Crippen molar-refractivity contribution in [2.24, 2.45) is 5.10 Å². The summed E-state index contributed by atoms with van der Waals surface area (Å²) in [6.07, 6.45) is -2.09. The Hall–Kier alpha value is -1.60. The Morgan fingerprint density at radius 3 is 2.30 bits per heavy atom. The van der Waals surface area contributed by atoms with E-state index < -0.39 is 11.7 Å². The summed E-state index contributed by atoms with van der Waals surface area (Å²) < 4.78 is 45.4. The maximum Gasteiger partial charge on any atom is 0.417 e. The van der Waals surface area contributed by atoms with Gasteiger partial charge in [-0.2, -0.15) is 18.3 Å². The number of anilines is 1. The number of aromatic nitrogens is 1. The van der Waals surface area contributed by atoms with E-state index in [0.29, 0.717) is 11.6 Å². The summed E-state index contributed by atoms with van der Waals surface area (Å²) in [5.41, 5.74) is 3.62. The van der Waals surface area contributed by atoms with Gasteiger partial charge in [-0.3, -0.25) is 5.43 Å². The maximum absolute atomic E-state index is 12.6. The number of rotatable bonds is 6. The van der Waals surface area contributed by atoms with Gasteiger partial charge in [-0.1, -0.05) is 23.7 Å². The Morgan fingerprint density at radius 1 is 1.07 bits per heavy atom. The van der Waals surface area contributed by atoms with Gasteiger partial charge in [0.05, 0.1) is 18.9 Å². The van der Waals surface area contributed by atoms with E-state index in [4.69, 9.17) is 16.3 Å². The number of alkyl halides is 3. The van der Waals surface area contributed by atoms with Crippen LogP contribution in [0.25, 0.3) is 0 Å². The molecule has 0 saturated carbocycles. The first-order valence-electron chi connectivity index (χ1n) is 8.41. The highest BCUT2D eigenvalue weighted by Crippen LogP contribution is 2.30. The minimum atomic E-state index is -4.42. The van der Waals surface area contributed by atoms with Crippen molar-refractivity contribution in [3.63, 3.8) is 0 Å². The summed E-state index contributed by atoms with van der Waals surface area (Å²) in [5, 5.41) is 4.71. The highest BCUT2D eigenvalue weighted by atomic mass is 127. The van der Waals surface area contributed by atoms with Crippen LogP contribution >= 0.6 is 56.8 Å². The zero-order chi connectivity index (χ0) is 21.7. The molecule has 0 bridgehead atoms. The van der Waals surface area contributed by atoms with Crippen LogP contribution in [0.3, 0.4) is 0 Å². The molecule has 1 heterocycles. The van der Waals surface area contributed by atoms with E-state index in [2.05, 4.69) is 60.7 Å². The molecule has 0 spiro atoms. The molecule has 3 rings (SSSR count). The van der Waals surface area contributed by atoms with Crippen LogP contribution in [0.15, 0.2) is 59.8 Å². The van der Waals surface area contributed by atoms with Crippen molar-refractivity contribution in [1.82, 2.24) is 4.98 Å². The zero-order valence-electron chi connectivity index (χ0n) is 15.1. The molecule has 10 heteroatoms. The fourth-order valence-corrected chi connectivity index (χ4v) is 4.58. The molecule has 0 fully saturated rings. The topological polar surface area (TPSA) is 46.5 Å². The first kappa shape index (κ1) is 23.1. The minimum absolute atomic E-state index is 0.214. The van der Waals surface area contributed by atoms with Gasteiger partial charge in [0, 0.05) is 11.2 Å². The van der Waals surface area contributed by atoms with Crippen molar-refractivity contribution in [3.8, 4) is 5.75 Å². The molecule has 0 aliphatic rings. The van der Waals surface area contributed by atoms with Crippen LogP contribution in [0.5, 0.6) is 5.75 Å². The first-order chi connectivity index (χ1) is 14.2. The number of hydrogen-bond donors (Lipinski definition) is 1. The van der Waals surface area contributed by atoms with Gasteiger partial charge in [-0.25, -0.2) is 4.98 Å². The summed E-state index contributed by atoms with van der Waals surface area (Å²) in [6, 6.07) is 13.4. The van der Waals surface area contributed by atoms with E-state index in [-0.39, 0.29) is 5.82 Å². The third-order valence-electron chi connectivity index (χ3n) is 3.80. The van der Waals surface area contributed by atoms with Crippen LogP contribution in [-0.4, -0.2) is 11.2 Å². The zero-order valence-corrected chi connectivity index (χ0v) is 20.1. The lowest BCUT2D eigenvalue weighted by atomic mass is 10.2. The quantitative estimate of drug-likeness (QED) is 0.177. The molecule has 2 aromatic carbocycles. The number of hydrogen-bond acceptors (Lipinski definition) is 4. The number of nitrogens with one attached hydrogen (secondary N) is 1. The summed E-state index contributed by atoms with van der Waals surface area (Å²) in [7, 11) is 0. The van der Waals surface area contributed by atoms with E-state index in [1.807, 2.05) is 36.4 Å². The Labute approximate surface area is 203 Å². The Bertz CT molecular complexity index is 1020. The molecule has 0 atom stereocenters. The van der Waals surface area contributed by atoms with Gasteiger partial charge < -0.3 is 4.74 Å². The van der Waals surface area contributed by atoms with Crippen molar-refractivity contribution >= 4 is 68.8 Å². The lowest BCUT2D eigenvalue weighted by Gasteiger charge is -2.11. The predicted octanol–water partition coefficient (Wildman–Crippen LogP) is 6.99. The number of hydrazone groups is 1. The third kappa shape index (κ3) is 6.45. The van der Waals surface area contributed by atoms with E-state index >= 15 is 0 Å². The van der Waals surface area contributed by atoms with E-state index in [1.165, 1.54) is 6.07 Å². The Balaban J connectivity index is 1.63. The average molecular weight is 658 g/mol. The number of ether oxygens (including phenoxy) is 1. The molecular weight excluding hydrogens is 644 g/mol. The smallest absolute Gasteiger partial charge is 0.417 e. The molecule has 30 heavy (non-hydrogen) atoms. The summed E-state index contributed by atoms with van der Waals surface area (Å²) in [6.45, 7) is 0.414. The highest BCUT2D eigenvalue weighted by molar-refractivity contribution is 14.1. The van der Waals surface area contributed by atoms with Crippen molar-refractivity contribution in [2.75, 3.05) is 5.43 Å². The molecule has 0 aliphatic heterocycles. The standard InChI is InChI=1S/C20H13ClF3I2N3O/c21-15-4-1-12(2-5-15)11-30-19-16(25)7-13(8-17(19)26)9-28-29-18-6-3-14(10-27-18)20(22,23)24/h1-10H,11H2,(H,27,29)/b28-9-. The van der Waals surface area contributed by atoms with Gasteiger partial charge in [-0.05, 0) is 92.7 Å². The van der Waals surface area contributed by atoms with Gasteiger partial charge in [0.2, 0.25) is 0 Å². The summed E-state index contributed by atoms with van der Waals surface area (Å²) >= 11 is 10.3. The summed E-state index contributed by atoms with van der Waals surface area (Å²) in [5.74, 6) is 0.979. The molecule has 3 aromatic rings. The van der Waals surface area contributed by atoms with Crippen LogP contribution in [0.4, 0.5) is 19.0 Å². The lowest BCUT2D eigenvalue weighted by Crippen LogP contribution is -2.05. The van der Waals surface area contributed by atoms with Crippen molar-refractivity contribution in [2.45, 2.75) is 12.8 Å². The van der Waals surface area contributed by atoms with Crippen molar-refractivity contribution < 1.29 is 17.9 Å². The molecule has 0 amide bonds. The molecule has 1 N–H and O–H groups in total. The van der Waals surface area contributed by atoms with Crippen LogP contribution in [0.2, 0.25) is 5.02 Å². The number of benzene rings is 2. The van der Waals surface area contributed by atoms with Gasteiger partial charge in [-0.15, -0.1) is 0 Å². The maximum atomic E-state index is 12.6. The van der Waals surface area contributed by atoms with E-state index in [1.54, 1.807) is 6.21 Å². The number of halogens is 6. The van der Waals surface area contributed by atoms with Gasteiger partial charge in [0.15, 0.2) is 0 Å². The second kappa shape index (κ2) is 10.1. The molecule has 0 radical (unpaired) electrons. The van der Waals surface area contributed by atoms with Gasteiger partial charge >= 0.3 is 6.18 Å². The van der Waals surface area contributed by atoms with Crippen LogP contribution in [-0.2, 0) is 12.8 Å². The van der Waals surface area contributed by atoms with Crippen LogP contribution < -0.4 is 10.2 Å². The first-order valence-corrected chi connectivity index (χ1v) is 10.9. The van der Waals surface area contributed by atoms with Crippen LogP contribution in [0, 0.1) is 7.14 Å². The van der Waals surface area contributed by atoms with Crippen molar-refractivity contribution in [1.29, 1.82) is 0 Å². The van der Waals surface area contributed by atoms with Crippen molar-refractivity contribution in [3.05, 3.63) is 83.6 Å². The lowest BCUT2D eigenvalue weighted by molar-refractivity contribution is -0.137. The molecule has 0 unspecified atom stereocenters. The third-order valence-corrected chi connectivity index (χ3v) is 5.66. The second-order valence-electron chi connectivity index (χ2n) is 6.03. The van der Waals surface area contributed by atoms with Gasteiger partial charge in [0.25, 0.3) is 0 Å². The largest absolute Gasteiger partial charge is 0.487 e.